The zero-order chi connectivity index (χ0) is 18.9. The summed E-state index contributed by atoms with van der Waals surface area (Å²) in [6.45, 7) is 7.01. The molecule has 2 N–H and O–H groups in total. The maximum atomic E-state index is 4.37. The summed E-state index contributed by atoms with van der Waals surface area (Å²) in [5, 5.41) is 15.1. The van der Waals surface area contributed by atoms with E-state index in [9.17, 15) is 0 Å². The molecule has 1 aliphatic rings. The topological polar surface area (TPSA) is 70.4 Å². The number of hydrogen-bond donors (Lipinski definition) is 2. The van der Waals surface area contributed by atoms with Gasteiger partial charge in [-0.3, -0.25) is 9.89 Å². The van der Waals surface area contributed by atoms with E-state index in [1.807, 2.05) is 7.05 Å². The molecule has 1 aromatic heterocycles. The Bertz CT molecular complexity index is 702. The Morgan fingerprint density at radius 1 is 1.22 bits per heavy atom. The van der Waals surface area contributed by atoms with Gasteiger partial charge in [0.1, 0.15) is 12.2 Å². The van der Waals surface area contributed by atoms with Crippen LogP contribution in [0.4, 0.5) is 0 Å². The normalized spacial score (nSPS) is 16.4. The van der Waals surface area contributed by atoms with Crippen LogP contribution < -0.4 is 10.6 Å². The first-order valence-corrected chi connectivity index (χ1v) is 9.88. The number of benzene rings is 1. The lowest BCUT2D eigenvalue weighted by molar-refractivity contribution is 0.198. The molecule has 1 aromatic carbocycles. The van der Waals surface area contributed by atoms with Gasteiger partial charge in [-0.25, -0.2) is 0 Å². The standard InChI is InChI=1S/C20H31N7/c1-3-19-25-23-16-27(19)14-11-22-20(21-2)24-18-9-12-26(13-10-18)15-17-7-5-4-6-8-17/h4-8,16,18H,3,9-15H2,1-2H3,(H2,21,22,24). The molecular weight excluding hydrogens is 338 g/mol. The van der Waals surface area contributed by atoms with Gasteiger partial charge in [-0.1, -0.05) is 37.3 Å². The highest BCUT2D eigenvalue weighted by Crippen LogP contribution is 2.13. The van der Waals surface area contributed by atoms with Crippen LogP contribution >= 0.6 is 0 Å². The second-order valence-electron chi connectivity index (χ2n) is 6.97. The van der Waals surface area contributed by atoms with Crippen LogP contribution in [0.1, 0.15) is 31.2 Å². The van der Waals surface area contributed by atoms with Crippen LogP contribution in [0, 0.1) is 0 Å². The summed E-state index contributed by atoms with van der Waals surface area (Å²) < 4.78 is 2.09. The lowest BCUT2D eigenvalue weighted by atomic mass is 10.0. The van der Waals surface area contributed by atoms with Gasteiger partial charge < -0.3 is 15.2 Å². The number of aromatic nitrogens is 3. The molecule has 0 atom stereocenters. The average Bonchev–Trinajstić information content (AvgIpc) is 3.17. The molecule has 1 saturated heterocycles. The van der Waals surface area contributed by atoms with Crippen molar-refractivity contribution in [2.45, 2.75) is 45.3 Å². The maximum absolute atomic E-state index is 4.37. The molecule has 7 heteroatoms. The summed E-state index contributed by atoms with van der Waals surface area (Å²) in [4.78, 5) is 6.90. The van der Waals surface area contributed by atoms with Gasteiger partial charge in [0.15, 0.2) is 5.96 Å². The number of aliphatic imine (C=N–C) groups is 1. The number of nitrogens with one attached hydrogen (secondary N) is 2. The van der Waals surface area contributed by atoms with E-state index in [0.29, 0.717) is 6.04 Å². The molecule has 0 saturated carbocycles. The Kier molecular flexibility index (Phi) is 7.21. The first kappa shape index (κ1) is 19.4. The number of hydrogen-bond acceptors (Lipinski definition) is 4. The number of piperidine rings is 1. The third-order valence-corrected chi connectivity index (χ3v) is 5.06. The fourth-order valence-corrected chi connectivity index (χ4v) is 3.50. The van der Waals surface area contributed by atoms with Crippen LogP contribution in [0.2, 0.25) is 0 Å². The van der Waals surface area contributed by atoms with Gasteiger partial charge >= 0.3 is 0 Å². The molecule has 0 aliphatic carbocycles. The van der Waals surface area contributed by atoms with E-state index in [4.69, 9.17) is 0 Å². The monoisotopic (exact) mass is 369 g/mol. The largest absolute Gasteiger partial charge is 0.355 e. The quantitative estimate of drug-likeness (QED) is 0.574. The van der Waals surface area contributed by atoms with Crippen molar-refractivity contribution in [3.63, 3.8) is 0 Å². The van der Waals surface area contributed by atoms with Crippen LogP contribution in [0.3, 0.4) is 0 Å². The average molecular weight is 370 g/mol. The molecule has 0 spiro atoms. The van der Waals surface area contributed by atoms with Crippen molar-refractivity contribution in [1.29, 1.82) is 0 Å². The Hall–Kier alpha value is -2.41. The lowest BCUT2D eigenvalue weighted by Gasteiger charge is -2.33. The highest BCUT2D eigenvalue weighted by molar-refractivity contribution is 5.79. The molecule has 7 nitrogen and oxygen atoms in total. The predicted molar refractivity (Wildman–Crippen MR) is 109 cm³/mol. The number of aryl methyl sites for hydroxylation is 1. The zero-order valence-corrected chi connectivity index (χ0v) is 16.4. The lowest BCUT2D eigenvalue weighted by Crippen LogP contribution is -2.49. The van der Waals surface area contributed by atoms with Gasteiger partial charge in [0.05, 0.1) is 0 Å². The number of nitrogens with zero attached hydrogens (tertiary/aromatic N) is 5. The summed E-state index contributed by atoms with van der Waals surface area (Å²) in [5.74, 6) is 1.90. The molecule has 2 aromatic rings. The van der Waals surface area contributed by atoms with Gasteiger partial charge in [0, 0.05) is 52.2 Å². The molecule has 0 radical (unpaired) electrons. The number of guanidine groups is 1. The molecule has 1 aliphatic heterocycles. The fourth-order valence-electron chi connectivity index (χ4n) is 3.50. The molecule has 0 bridgehead atoms. The molecule has 1 fully saturated rings. The zero-order valence-electron chi connectivity index (χ0n) is 16.4. The van der Waals surface area contributed by atoms with E-state index in [1.165, 1.54) is 5.56 Å². The van der Waals surface area contributed by atoms with E-state index < -0.39 is 0 Å². The summed E-state index contributed by atoms with van der Waals surface area (Å²) in [6.07, 6.45) is 4.96. The van der Waals surface area contributed by atoms with E-state index >= 15 is 0 Å². The SMILES string of the molecule is CCc1nncn1CCNC(=NC)NC1CCN(Cc2ccccc2)CC1. The maximum Gasteiger partial charge on any atom is 0.191 e. The molecule has 146 valence electrons. The van der Waals surface area contributed by atoms with Crippen molar-refractivity contribution < 1.29 is 0 Å². The second-order valence-corrected chi connectivity index (χ2v) is 6.97. The minimum atomic E-state index is 0.476. The van der Waals surface area contributed by atoms with Crippen molar-refractivity contribution in [3.05, 3.63) is 48.0 Å². The van der Waals surface area contributed by atoms with Crippen LogP contribution in [0.5, 0.6) is 0 Å². The smallest absolute Gasteiger partial charge is 0.191 e. The first-order chi connectivity index (χ1) is 13.3. The van der Waals surface area contributed by atoms with Crippen LogP contribution in [0.25, 0.3) is 0 Å². The van der Waals surface area contributed by atoms with E-state index in [2.05, 4.69) is 72.5 Å². The first-order valence-electron chi connectivity index (χ1n) is 9.88. The summed E-state index contributed by atoms with van der Waals surface area (Å²) >= 11 is 0. The molecule has 0 unspecified atom stereocenters. The third-order valence-electron chi connectivity index (χ3n) is 5.06. The van der Waals surface area contributed by atoms with Crippen LogP contribution in [-0.4, -0.2) is 58.3 Å². The Balaban J connectivity index is 1.38. The molecule has 3 rings (SSSR count). The third kappa shape index (κ3) is 5.79. The Labute approximate surface area is 161 Å². The van der Waals surface area contributed by atoms with Crippen molar-refractivity contribution >= 4 is 5.96 Å². The van der Waals surface area contributed by atoms with E-state index in [1.54, 1.807) is 6.33 Å². The summed E-state index contributed by atoms with van der Waals surface area (Å²) in [6, 6.07) is 11.2. The van der Waals surface area contributed by atoms with E-state index in [-0.39, 0.29) is 0 Å². The van der Waals surface area contributed by atoms with Gasteiger partial charge in [-0.15, -0.1) is 10.2 Å². The Morgan fingerprint density at radius 2 is 2.00 bits per heavy atom. The van der Waals surface area contributed by atoms with Gasteiger partial charge in [-0.05, 0) is 18.4 Å². The van der Waals surface area contributed by atoms with Gasteiger partial charge in [0.2, 0.25) is 0 Å². The molecular formula is C20H31N7. The van der Waals surface area contributed by atoms with E-state index in [0.717, 1.165) is 63.8 Å². The van der Waals surface area contributed by atoms with Crippen molar-refractivity contribution in [2.24, 2.45) is 4.99 Å². The van der Waals surface area contributed by atoms with Crippen molar-refractivity contribution in [1.82, 2.24) is 30.3 Å². The highest BCUT2D eigenvalue weighted by atomic mass is 15.3. The van der Waals surface area contributed by atoms with Crippen LogP contribution in [-0.2, 0) is 19.5 Å². The second kappa shape index (κ2) is 10.1. The molecule has 0 amide bonds. The molecule has 2 heterocycles. The van der Waals surface area contributed by atoms with Crippen LogP contribution in [0.15, 0.2) is 41.7 Å². The summed E-state index contributed by atoms with van der Waals surface area (Å²) in [7, 11) is 1.83. The predicted octanol–water partition coefficient (Wildman–Crippen LogP) is 1.67. The minimum absolute atomic E-state index is 0.476. The summed E-state index contributed by atoms with van der Waals surface area (Å²) in [5.41, 5.74) is 1.39. The Morgan fingerprint density at radius 3 is 2.70 bits per heavy atom. The number of likely N-dealkylation sites (tertiary alicyclic amines) is 1. The van der Waals surface area contributed by atoms with Gasteiger partial charge in [-0.2, -0.15) is 0 Å². The van der Waals surface area contributed by atoms with Crippen molar-refractivity contribution in [3.8, 4) is 0 Å². The van der Waals surface area contributed by atoms with Gasteiger partial charge in [0.25, 0.3) is 0 Å². The highest BCUT2D eigenvalue weighted by Gasteiger charge is 2.20. The minimum Gasteiger partial charge on any atom is -0.355 e. The molecule has 27 heavy (non-hydrogen) atoms. The fraction of sp³-hybridized carbons (Fsp3) is 0.550. The number of rotatable bonds is 7. The van der Waals surface area contributed by atoms with Crippen molar-refractivity contribution in [2.75, 3.05) is 26.7 Å².